The Hall–Kier alpha value is -2.90. The number of carbonyl (C=O) groups is 1. The first-order valence-electron chi connectivity index (χ1n) is 11.1. The van der Waals surface area contributed by atoms with Crippen LogP contribution in [0.2, 0.25) is 0 Å². The van der Waals surface area contributed by atoms with Crippen LogP contribution in [-0.2, 0) is 17.6 Å². The number of anilines is 1. The first-order valence-corrected chi connectivity index (χ1v) is 12.9. The zero-order chi connectivity index (χ0) is 22.9. The highest BCUT2D eigenvalue weighted by molar-refractivity contribution is 7.99. The molecule has 0 aliphatic heterocycles. The van der Waals surface area contributed by atoms with E-state index < -0.39 is 0 Å². The number of amides is 1. The van der Waals surface area contributed by atoms with Gasteiger partial charge in [-0.05, 0) is 61.9 Å². The summed E-state index contributed by atoms with van der Waals surface area (Å²) in [5.41, 5.74) is 3.79. The summed E-state index contributed by atoms with van der Waals surface area (Å²) >= 11 is 2.93. The van der Waals surface area contributed by atoms with Gasteiger partial charge in [0, 0.05) is 10.6 Å². The predicted molar refractivity (Wildman–Crippen MR) is 137 cm³/mol. The second-order valence-electron chi connectivity index (χ2n) is 8.61. The molecule has 2 heterocycles. The lowest BCUT2D eigenvalue weighted by atomic mass is 9.89. The molecule has 1 N–H and O–H groups in total. The molecular formula is C26H25N3O2S2. The van der Waals surface area contributed by atoms with Crippen molar-refractivity contribution >= 4 is 44.9 Å². The number of nitrogens with one attached hydrogen (secondary N) is 1. The van der Waals surface area contributed by atoms with Crippen LogP contribution in [0.4, 0.5) is 5.69 Å². The molecule has 1 amide bonds. The van der Waals surface area contributed by atoms with Gasteiger partial charge < -0.3 is 5.32 Å². The second kappa shape index (κ2) is 9.15. The number of para-hydroxylation sites is 1. The maximum atomic E-state index is 13.7. The molecule has 5 rings (SSSR count). The van der Waals surface area contributed by atoms with Crippen molar-refractivity contribution in [2.75, 3.05) is 11.1 Å². The van der Waals surface area contributed by atoms with E-state index in [9.17, 15) is 9.59 Å². The molecule has 0 saturated heterocycles. The number of nitrogens with zero attached hydrogens (tertiary/aromatic N) is 2. The molecule has 0 bridgehead atoms. The van der Waals surface area contributed by atoms with E-state index in [-0.39, 0.29) is 17.2 Å². The van der Waals surface area contributed by atoms with Crippen molar-refractivity contribution in [3.8, 4) is 5.69 Å². The lowest BCUT2D eigenvalue weighted by Gasteiger charge is -2.17. The number of benzene rings is 2. The minimum atomic E-state index is -0.128. The van der Waals surface area contributed by atoms with Crippen LogP contribution in [0, 0.1) is 12.8 Å². The monoisotopic (exact) mass is 475 g/mol. The average molecular weight is 476 g/mol. The highest BCUT2D eigenvalue weighted by atomic mass is 32.2. The number of hydrogen-bond acceptors (Lipinski definition) is 5. The topological polar surface area (TPSA) is 64.0 Å². The van der Waals surface area contributed by atoms with Gasteiger partial charge in [-0.25, -0.2) is 4.98 Å². The van der Waals surface area contributed by atoms with Crippen LogP contribution in [0.3, 0.4) is 0 Å². The number of aryl methyl sites for hydroxylation is 2. The first-order chi connectivity index (χ1) is 16.0. The lowest BCUT2D eigenvalue weighted by molar-refractivity contribution is -0.113. The second-order valence-corrected chi connectivity index (χ2v) is 10.6. The van der Waals surface area contributed by atoms with Crippen LogP contribution < -0.4 is 10.9 Å². The molecule has 1 atom stereocenters. The minimum absolute atomic E-state index is 0.0419. The lowest BCUT2D eigenvalue weighted by Crippen LogP contribution is -2.23. The van der Waals surface area contributed by atoms with E-state index in [0.717, 1.165) is 46.4 Å². The number of carbonyl (C=O) groups excluding carboxylic acids is 1. The fourth-order valence-electron chi connectivity index (χ4n) is 4.24. The summed E-state index contributed by atoms with van der Waals surface area (Å²) in [6.45, 7) is 4.27. The zero-order valence-corrected chi connectivity index (χ0v) is 20.3. The normalized spacial score (nSPS) is 15.4. The molecule has 0 fully saturated rings. The molecule has 0 spiro atoms. The Balaban J connectivity index is 1.51. The molecule has 7 heteroatoms. The van der Waals surface area contributed by atoms with Gasteiger partial charge >= 0.3 is 0 Å². The van der Waals surface area contributed by atoms with Crippen molar-refractivity contribution in [3.05, 3.63) is 81.0 Å². The Morgan fingerprint density at radius 1 is 1.18 bits per heavy atom. The van der Waals surface area contributed by atoms with E-state index in [1.165, 1.54) is 22.2 Å². The van der Waals surface area contributed by atoms with Crippen LogP contribution in [0.1, 0.15) is 29.3 Å². The van der Waals surface area contributed by atoms with Gasteiger partial charge in [-0.3, -0.25) is 14.2 Å². The Morgan fingerprint density at radius 2 is 1.94 bits per heavy atom. The minimum Gasteiger partial charge on any atom is -0.325 e. The molecular weight excluding hydrogens is 450 g/mol. The summed E-state index contributed by atoms with van der Waals surface area (Å²) in [5.74, 6) is 0.666. The fraction of sp³-hybridized carbons (Fsp3) is 0.269. The fourth-order valence-corrected chi connectivity index (χ4v) is 6.47. The molecule has 0 radical (unpaired) electrons. The van der Waals surface area contributed by atoms with Gasteiger partial charge in [-0.1, -0.05) is 54.6 Å². The Bertz CT molecular complexity index is 1370. The van der Waals surface area contributed by atoms with Crippen LogP contribution in [0.25, 0.3) is 15.9 Å². The van der Waals surface area contributed by atoms with Gasteiger partial charge in [0.25, 0.3) is 5.56 Å². The number of rotatable bonds is 5. The van der Waals surface area contributed by atoms with Crippen LogP contribution in [0.5, 0.6) is 0 Å². The third-order valence-electron chi connectivity index (χ3n) is 5.98. The standard InChI is InChI=1S/C26H25N3O2S2/c1-16-8-11-18(12-9-16)27-22(30)15-32-26-28-24-23(20-13-10-17(2)14-21(20)33-24)25(31)29(26)19-6-4-3-5-7-19/h3-9,11-12,17H,10,13-15H2,1-2H3,(H,27,30)/t17-/m1/s1. The Kier molecular flexibility index (Phi) is 6.08. The van der Waals surface area contributed by atoms with Crippen LogP contribution in [0.15, 0.2) is 64.5 Å². The summed E-state index contributed by atoms with van der Waals surface area (Å²) in [6, 6.07) is 17.3. The van der Waals surface area contributed by atoms with Gasteiger partial charge in [0.1, 0.15) is 4.83 Å². The molecule has 0 saturated carbocycles. The molecule has 5 nitrogen and oxygen atoms in total. The number of aromatic nitrogens is 2. The molecule has 4 aromatic rings. The van der Waals surface area contributed by atoms with Gasteiger partial charge in [0.05, 0.1) is 16.8 Å². The van der Waals surface area contributed by atoms with Gasteiger partial charge in [0.2, 0.25) is 5.91 Å². The number of thioether (sulfide) groups is 1. The van der Waals surface area contributed by atoms with Crippen molar-refractivity contribution in [3.63, 3.8) is 0 Å². The van der Waals surface area contributed by atoms with E-state index in [2.05, 4.69) is 12.2 Å². The molecule has 168 valence electrons. The molecule has 1 aliphatic carbocycles. The van der Waals surface area contributed by atoms with E-state index in [4.69, 9.17) is 4.98 Å². The third kappa shape index (κ3) is 4.48. The molecule has 33 heavy (non-hydrogen) atoms. The van der Waals surface area contributed by atoms with Gasteiger partial charge in [-0.2, -0.15) is 0 Å². The van der Waals surface area contributed by atoms with E-state index in [1.807, 2.05) is 61.5 Å². The smallest absolute Gasteiger partial charge is 0.267 e. The molecule has 0 unspecified atom stereocenters. The summed E-state index contributed by atoms with van der Waals surface area (Å²) in [7, 11) is 0. The summed E-state index contributed by atoms with van der Waals surface area (Å²) in [5, 5.41) is 4.22. The molecule has 2 aromatic carbocycles. The van der Waals surface area contributed by atoms with E-state index in [0.29, 0.717) is 11.1 Å². The maximum Gasteiger partial charge on any atom is 0.267 e. The highest BCUT2D eigenvalue weighted by Crippen LogP contribution is 2.37. The maximum absolute atomic E-state index is 13.7. The molecule has 1 aliphatic rings. The van der Waals surface area contributed by atoms with Gasteiger partial charge in [-0.15, -0.1) is 11.3 Å². The Morgan fingerprint density at radius 3 is 2.70 bits per heavy atom. The summed E-state index contributed by atoms with van der Waals surface area (Å²) in [4.78, 5) is 33.3. The van der Waals surface area contributed by atoms with Crippen molar-refractivity contribution in [1.82, 2.24) is 9.55 Å². The first kappa shape index (κ1) is 21.9. The van der Waals surface area contributed by atoms with Crippen LogP contribution >= 0.6 is 23.1 Å². The van der Waals surface area contributed by atoms with Crippen LogP contribution in [-0.4, -0.2) is 21.2 Å². The zero-order valence-electron chi connectivity index (χ0n) is 18.6. The third-order valence-corrected chi connectivity index (χ3v) is 8.07. The predicted octanol–water partition coefficient (Wildman–Crippen LogP) is 5.61. The quantitative estimate of drug-likeness (QED) is 0.301. The van der Waals surface area contributed by atoms with Gasteiger partial charge in [0.15, 0.2) is 5.16 Å². The van der Waals surface area contributed by atoms with E-state index in [1.54, 1.807) is 15.9 Å². The van der Waals surface area contributed by atoms with Crippen molar-refractivity contribution in [2.24, 2.45) is 5.92 Å². The number of fused-ring (bicyclic) bond motifs is 3. The number of hydrogen-bond donors (Lipinski definition) is 1. The summed E-state index contributed by atoms with van der Waals surface area (Å²) in [6.07, 6.45) is 3.02. The van der Waals surface area contributed by atoms with E-state index >= 15 is 0 Å². The Labute approximate surface area is 200 Å². The van der Waals surface area contributed by atoms with Crippen molar-refractivity contribution in [1.29, 1.82) is 0 Å². The highest BCUT2D eigenvalue weighted by Gasteiger charge is 2.25. The number of thiophene rings is 1. The van der Waals surface area contributed by atoms with Crippen molar-refractivity contribution in [2.45, 2.75) is 38.3 Å². The largest absolute Gasteiger partial charge is 0.325 e. The average Bonchev–Trinajstić information content (AvgIpc) is 3.17. The summed E-state index contributed by atoms with van der Waals surface area (Å²) < 4.78 is 1.66. The van der Waals surface area contributed by atoms with Crippen molar-refractivity contribution < 1.29 is 4.79 Å². The molecule has 2 aromatic heterocycles. The SMILES string of the molecule is Cc1ccc(NC(=O)CSc2nc3sc4c(c3c(=O)n2-c2ccccc2)CC[C@@H](C)C4)cc1.